The first kappa shape index (κ1) is 13.4. The Balaban J connectivity index is 2.21. The highest BCUT2D eigenvalue weighted by Gasteiger charge is 2.14. The number of rotatable bonds is 4. The summed E-state index contributed by atoms with van der Waals surface area (Å²) in [6.07, 6.45) is 2.69. The van der Waals surface area contributed by atoms with Crippen LogP contribution in [0.4, 0.5) is 0 Å². The smallest absolute Gasteiger partial charge is 0.281 e. The second-order valence-electron chi connectivity index (χ2n) is 4.21. The van der Waals surface area contributed by atoms with Crippen molar-refractivity contribution in [2.24, 2.45) is 0 Å². The number of amides is 1. The number of carbonyl (C=O) groups excluding carboxylic acids is 1. The fraction of sp³-hybridized carbons (Fsp3) is 0.154. The fourth-order valence-electron chi connectivity index (χ4n) is 1.76. The molecule has 1 aromatic heterocycles. The molecule has 0 saturated heterocycles. The zero-order valence-electron chi connectivity index (χ0n) is 10.4. The van der Waals surface area contributed by atoms with Gasteiger partial charge in [0, 0.05) is 12.7 Å². The van der Waals surface area contributed by atoms with Crippen LogP contribution in [0.25, 0.3) is 0 Å². The Hall–Kier alpha value is -2.08. The molecule has 2 aromatic rings. The highest BCUT2D eigenvalue weighted by Crippen LogP contribution is 2.08. The average Bonchev–Trinajstić information content (AvgIpc) is 2.76. The summed E-state index contributed by atoms with van der Waals surface area (Å²) in [5.74, 6) is -0.622. The summed E-state index contributed by atoms with van der Waals surface area (Å²) in [6, 6.07) is 12.9. The van der Waals surface area contributed by atoms with Gasteiger partial charge in [-0.15, -0.1) is 0 Å². The predicted octanol–water partition coefficient (Wildman–Crippen LogP) is 1.23. The van der Waals surface area contributed by atoms with E-state index < -0.39 is 15.9 Å². The largest absolute Gasteiger partial charge is 0.339 e. The van der Waals surface area contributed by atoms with E-state index in [1.54, 1.807) is 22.9 Å². The van der Waals surface area contributed by atoms with Gasteiger partial charge in [0.05, 0.1) is 6.26 Å². The molecule has 0 bridgehead atoms. The van der Waals surface area contributed by atoms with Gasteiger partial charge in [0.15, 0.2) is 0 Å². The van der Waals surface area contributed by atoms with Gasteiger partial charge in [-0.25, -0.2) is 13.1 Å². The van der Waals surface area contributed by atoms with Gasteiger partial charge in [-0.05, 0) is 17.7 Å². The molecule has 100 valence electrons. The molecule has 5 nitrogen and oxygen atoms in total. The van der Waals surface area contributed by atoms with E-state index in [0.717, 1.165) is 11.8 Å². The minimum Gasteiger partial charge on any atom is -0.339 e. The van der Waals surface area contributed by atoms with Crippen LogP contribution in [0.5, 0.6) is 0 Å². The number of benzene rings is 1. The van der Waals surface area contributed by atoms with E-state index >= 15 is 0 Å². The lowest BCUT2D eigenvalue weighted by atomic mass is 10.2. The van der Waals surface area contributed by atoms with E-state index in [-0.39, 0.29) is 0 Å². The van der Waals surface area contributed by atoms with Crippen molar-refractivity contribution in [3.05, 3.63) is 59.9 Å². The zero-order valence-corrected chi connectivity index (χ0v) is 11.2. The predicted molar refractivity (Wildman–Crippen MR) is 72.3 cm³/mol. The van der Waals surface area contributed by atoms with E-state index in [9.17, 15) is 13.2 Å². The lowest BCUT2D eigenvalue weighted by Gasteiger charge is -2.09. The van der Waals surface area contributed by atoms with Gasteiger partial charge in [-0.2, -0.15) is 0 Å². The lowest BCUT2D eigenvalue weighted by molar-refractivity contribution is 0.0973. The third kappa shape index (κ3) is 3.69. The molecule has 0 aliphatic heterocycles. The van der Waals surface area contributed by atoms with Crippen LogP contribution < -0.4 is 4.72 Å². The number of hydrogen-bond donors (Lipinski definition) is 1. The Morgan fingerprint density at radius 3 is 2.47 bits per heavy atom. The van der Waals surface area contributed by atoms with Crippen molar-refractivity contribution in [1.82, 2.24) is 9.29 Å². The van der Waals surface area contributed by atoms with Crippen molar-refractivity contribution in [2.75, 3.05) is 6.26 Å². The fourth-order valence-corrected chi connectivity index (χ4v) is 2.20. The van der Waals surface area contributed by atoms with Crippen LogP contribution in [0.1, 0.15) is 16.1 Å². The second kappa shape index (κ2) is 5.27. The minimum absolute atomic E-state index is 0.314. The molecule has 2 rings (SSSR count). The maximum atomic E-state index is 11.8. The zero-order chi connectivity index (χ0) is 13.9. The van der Waals surface area contributed by atoms with Crippen LogP contribution in [0, 0.1) is 0 Å². The molecule has 1 aromatic carbocycles. The lowest BCUT2D eigenvalue weighted by Crippen LogP contribution is -2.31. The van der Waals surface area contributed by atoms with Crippen LogP contribution in [0.3, 0.4) is 0 Å². The molecule has 6 heteroatoms. The monoisotopic (exact) mass is 278 g/mol. The first-order valence-corrected chi connectivity index (χ1v) is 7.56. The summed E-state index contributed by atoms with van der Waals surface area (Å²) in [4.78, 5) is 11.8. The topological polar surface area (TPSA) is 68.2 Å². The summed E-state index contributed by atoms with van der Waals surface area (Å²) in [5, 5.41) is 0. The Morgan fingerprint density at radius 2 is 1.84 bits per heavy atom. The molecule has 1 amide bonds. The Labute approximate surface area is 111 Å². The Bertz CT molecular complexity index is 675. The van der Waals surface area contributed by atoms with Crippen LogP contribution in [0.2, 0.25) is 0 Å². The quantitative estimate of drug-likeness (QED) is 0.914. The molecule has 19 heavy (non-hydrogen) atoms. The standard InChI is InChI=1S/C13H14N2O3S/c1-19(17,18)14-13(16)12-8-5-9-15(12)10-11-6-3-2-4-7-11/h2-9H,10H2,1H3,(H,14,16). The minimum atomic E-state index is -3.55. The number of aromatic nitrogens is 1. The molecular weight excluding hydrogens is 264 g/mol. The number of sulfonamides is 1. The first-order chi connectivity index (χ1) is 8.96. The number of carbonyl (C=O) groups is 1. The van der Waals surface area contributed by atoms with Crippen molar-refractivity contribution in [3.63, 3.8) is 0 Å². The molecule has 0 aliphatic carbocycles. The number of nitrogens with zero attached hydrogens (tertiary/aromatic N) is 1. The van der Waals surface area contributed by atoms with Gasteiger partial charge in [-0.1, -0.05) is 30.3 Å². The molecule has 0 saturated carbocycles. The van der Waals surface area contributed by atoms with Crippen molar-refractivity contribution in [3.8, 4) is 0 Å². The summed E-state index contributed by atoms with van der Waals surface area (Å²) < 4.78 is 25.8. The third-order valence-electron chi connectivity index (χ3n) is 2.54. The molecule has 0 unspecified atom stereocenters. The van der Waals surface area contributed by atoms with Gasteiger partial charge < -0.3 is 4.57 Å². The highest BCUT2D eigenvalue weighted by atomic mass is 32.2. The van der Waals surface area contributed by atoms with Gasteiger partial charge in [-0.3, -0.25) is 4.79 Å². The maximum absolute atomic E-state index is 11.8. The van der Waals surface area contributed by atoms with E-state index in [2.05, 4.69) is 0 Å². The van der Waals surface area contributed by atoms with Crippen LogP contribution >= 0.6 is 0 Å². The van der Waals surface area contributed by atoms with Crippen LogP contribution in [0.15, 0.2) is 48.7 Å². The SMILES string of the molecule is CS(=O)(=O)NC(=O)c1cccn1Cc1ccccc1. The first-order valence-electron chi connectivity index (χ1n) is 5.67. The van der Waals surface area contributed by atoms with Gasteiger partial charge in [0.2, 0.25) is 10.0 Å². The van der Waals surface area contributed by atoms with Crippen LogP contribution in [-0.4, -0.2) is 25.1 Å². The van der Waals surface area contributed by atoms with Crippen LogP contribution in [-0.2, 0) is 16.6 Å². The third-order valence-corrected chi connectivity index (χ3v) is 3.09. The molecule has 1 N–H and O–H groups in total. The maximum Gasteiger partial charge on any atom is 0.281 e. The second-order valence-corrected chi connectivity index (χ2v) is 5.96. The summed E-state index contributed by atoms with van der Waals surface area (Å²) in [7, 11) is -3.55. The summed E-state index contributed by atoms with van der Waals surface area (Å²) in [6.45, 7) is 0.514. The molecular formula is C13H14N2O3S. The molecule has 0 atom stereocenters. The molecule has 0 aliphatic rings. The van der Waals surface area contributed by atoms with Crippen molar-refractivity contribution < 1.29 is 13.2 Å². The Morgan fingerprint density at radius 1 is 1.16 bits per heavy atom. The van der Waals surface area contributed by atoms with E-state index in [1.165, 1.54) is 0 Å². The number of hydrogen-bond acceptors (Lipinski definition) is 3. The van der Waals surface area contributed by atoms with Gasteiger partial charge in [0.1, 0.15) is 5.69 Å². The highest BCUT2D eigenvalue weighted by molar-refractivity contribution is 7.89. The Kier molecular flexibility index (Phi) is 3.71. The molecule has 0 radical (unpaired) electrons. The average molecular weight is 278 g/mol. The molecule has 0 spiro atoms. The number of nitrogens with one attached hydrogen (secondary N) is 1. The summed E-state index contributed by atoms with van der Waals surface area (Å²) >= 11 is 0. The van der Waals surface area contributed by atoms with E-state index in [4.69, 9.17) is 0 Å². The van der Waals surface area contributed by atoms with Crippen molar-refractivity contribution in [2.45, 2.75) is 6.54 Å². The van der Waals surface area contributed by atoms with E-state index in [0.29, 0.717) is 12.2 Å². The van der Waals surface area contributed by atoms with E-state index in [1.807, 2.05) is 35.1 Å². The van der Waals surface area contributed by atoms with Crippen molar-refractivity contribution >= 4 is 15.9 Å². The summed E-state index contributed by atoms with van der Waals surface area (Å²) in [5.41, 5.74) is 1.35. The molecule has 0 fully saturated rings. The van der Waals surface area contributed by atoms with Crippen molar-refractivity contribution in [1.29, 1.82) is 0 Å². The van der Waals surface area contributed by atoms with Gasteiger partial charge >= 0.3 is 0 Å². The molecule has 1 heterocycles. The normalized spacial score (nSPS) is 11.2. The van der Waals surface area contributed by atoms with Gasteiger partial charge in [0.25, 0.3) is 5.91 Å².